The van der Waals surface area contributed by atoms with Crippen molar-refractivity contribution >= 4 is 35.8 Å². The third-order valence-electron chi connectivity index (χ3n) is 2.05. The molecule has 0 radical (unpaired) electrons. The summed E-state index contributed by atoms with van der Waals surface area (Å²) in [6.07, 6.45) is -8.06. The molecule has 18 nitrogen and oxygen atoms in total. The third-order valence-corrected chi connectivity index (χ3v) is 2.05. The van der Waals surface area contributed by atoms with E-state index in [1.807, 2.05) is 0 Å². The Bertz CT molecular complexity index is 505. The van der Waals surface area contributed by atoms with E-state index in [1.165, 1.54) is 0 Å². The molecule has 0 heterocycles. The molecule has 0 aliphatic heterocycles. The Morgan fingerprint density at radius 3 is 0.375 bits per heavy atom. The van der Waals surface area contributed by atoms with Crippen LogP contribution in [0.2, 0.25) is 0 Å². The van der Waals surface area contributed by atoms with Crippen LogP contribution in [0, 0.1) is 0 Å². The molecule has 0 aliphatic carbocycles. The summed E-state index contributed by atoms with van der Waals surface area (Å²) in [4.78, 5) is 56.0. The zero-order chi connectivity index (χ0) is 30.9. The molecule has 0 rings (SSSR count). The summed E-state index contributed by atoms with van der Waals surface area (Å²) in [6.45, 7) is 6.81. The van der Waals surface area contributed by atoms with E-state index in [1.54, 1.807) is 0 Å². The number of aliphatic hydroxyl groups excluding tert-OH is 6. The van der Waals surface area contributed by atoms with Crippen LogP contribution in [0.4, 0.5) is 0 Å². The molecule has 0 aliphatic rings. The van der Waals surface area contributed by atoms with Gasteiger partial charge in [-0.15, -0.1) is 0 Å². The topological polar surface area (TPSA) is 362 Å². The third kappa shape index (κ3) is 90.1. The largest absolute Gasteiger partial charge is 2.00 e. The predicted octanol–water partition coefficient (Wildman–Crippen LogP) is -17.3. The van der Waals surface area contributed by atoms with Gasteiger partial charge in [-0.2, -0.15) is 0 Å². The van der Waals surface area contributed by atoms with Gasteiger partial charge in [0.05, 0.1) is 72.4 Å². The minimum atomic E-state index is -1.44. The molecule has 0 spiro atoms. The fourth-order valence-corrected chi connectivity index (χ4v) is 0. The summed E-state index contributed by atoms with van der Waals surface area (Å²) in [5, 5.41) is 104. The van der Waals surface area contributed by atoms with Crippen molar-refractivity contribution in [1.29, 1.82) is 0 Å². The summed E-state index contributed by atoms with van der Waals surface area (Å²) in [7, 11) is 0. The van der Waals surface area contributed by atoms with Gasteiger partial charge in [-0.3, -0.25) is 0 Å². The Morgan fingerprint density at radius 2 is 0.375 bits per heavy atom. The van der Waals surface area contributed by atoms with Crippen LogP contribution in [0.5, 0.6) is 0 Å². The fourth-order valence-electron chi connectivity index (χ4n) is 0. The number of carbonyl (C=O) groups excluding carboxylic acids is 6. The first-order valence-electron chi connectivity index (χ1n) is 9.19. The SMILES string of the molecule is CC(O)C(=O)[O-].CC(O)C(=O)[O-].CC(O)C(=O)[O-].CC(O)C(=O)[O-].CC(O)C(=O)[O-].CC(O)C(=O)[O-].[K+].[K+].[Zn+2].[Zn+2]. The van der Waals surface area contributed by atoms with Crippen LogP contribution < -0.4 is 133 Å². The van der Waals surface area contributed by atoms with E-state index < -0.39 is 72.4 Å². The van der Waals surface area contributed by atoms with E-state index >= 15 is 0 Å². The first-order valence-corrected chi connectivity index (χ1v) is 9.19. The van der Waals surface area contributed by atoms with E-state index in [9.17, 15) is 59.4 Å². The van der Waals surface area contributed by atoms with Crippen molar-refractivity contribution in [2.75, 3.05) is 0 Å². The van der Waals surface area contributed by atoms with Gasteiger partial charge in [0.15, 0.2) is 0 Å². The predicted molar refractivity (Wildman–Crippen MR) is 100 cm³/mol. The molecule has 0 saturated heterocycles. The van der Waals surface area contributed by atoms with E-state index in [2.05, 4.69) is 0 Å². The van der Waals surface area contributed by atoms with E-state index in [4.69, 9.17) is 30.6 Å². The maximum Gasteiger partial charge on any atom is 2.00 e. The van der Waals surface area contributed by atoms with Gasteiger partial charge in [0.25, 0.3) is 0 Å². The number of carboxylic acids is 6. The molecule has 0 amide bonds. The van der Waals surface area contributed by atoms with Crippen LogP contribution in [-0.2, 0) is 67.7 Å². The van der Waals surface area contributed by atoms with Crippen LogP contribution in [-0.4, -0.2) is 103 Å². The average molecular weight is 743 g/mol. The molecule has 0 bridgehead atoms. The Kier molecular flexibility index (Phi) is 76.1. The first kappa shape index (κ1) is 68.3. The van der Waals surface area contributed by atoms with Gasteiger partial charge < -0.3 is 90.0 Å². The maximum absolute atomic E-state index is 9.34. The Hall–Kier alpha value is 1.10. The second-order valence-electron chi connectivity index (χ2n) is 5.97. The number of carbonyl (C=O) groups is 6. The van der Waals surface area contributed by atoms with Crippen molar-refractivity contribution in [3.8, 4) is 0 Å². The second-order valence-corrected chi connectivity index (χ2v) is 5.97. The van der Waals surface area contributed by atoms with Crippen molar-refractivity contribution in [1.82, 2.24) is 0 Å². The number of hydrogen-bond acceptors (Lipinski definition) is 18. The molecule has 40 heavy (non-hydrogen) atoms. The van der Waals surface area contributed by atoms with Crippen LogP contribution in [0.25, 0.3) is 0 Å². The van der Waals surface area contributed by atoms with Crippen LogP contribution in [0.3, 0.4) is 0 Å². The van der Waals surface area contributed by atoms with Gasteiger partial charge >= 0.3 is 142 Å². The number of hydrogen-bond donors (Lipinski definition) is 6. The van der Waals surface area contributed by atoms with Gasteiger partial charge in [-0.05, 0) is 41.5 Å². The van der Waals surface area contributed by atoms with E-state index in [0.29, 0.717) is 0 Å². The van der Waals surface area contributed by atoms with Gasteiger partial charge in [0.2, 0.25) is 0 Å². The summed E-state index contributed by atoms with van der Waals surface area (Å²) in [5.74, 6) is -8.61. The minimum Gasteiger partial charge on any atom is -0.547 e. The Morgan fingerprint density at radius 1 is 0.350 bits per heavy atom. The van der Waals surface area contributed by atoms with Crippen molar-refractivity contribution in [2.24, 2.45) is 0 Å². The van der Waals surface area contributed by atoms with Crippen LogP contribution >= 0.6 is 0 Å². The average Bonchev–Trinajstić information content (AvgIpc) is 2.69. The summed E-state index contributed by atoms with van der Waals surface area (Å²) in [5.41, 5.74) is 0. The van der Waals surface area contributed by atoms with Gasteiger partial charge in [0.1, 0.15) is 0 Å². The van der Waals surface area contributed by atoms with Gasteiger partial charge in [-0.1, -0.05) is 0 Å². The zero-order valence-electron chi connectivity index (χ0n) is 23.5. The van der Waals surface area contributed by atoms with Gasteiger partial charge in [0, 0.05) is 0 Å². The molecule has 6 atom stereocenters. The van der Waals surface area contributed by atoms with E-state index in [-0.39, 0.29) is 142 Å². The normalized spacial score (nSPS) is 12.3. The summed E-state index contributed by atoms with van der Waals surface area (Å²) in [6, 6.07) is 0. The van der Waals surface area contributed by atoms with E-state index in [0.717, 1.165) is 41.5 Å². The maximum atomic E-state index is 9.34. The summed E-state index contributed by atoms with van der Waals surface area (Å²) >= 11 is 0. The molecule has 0 fully saturated rings. The van der Waals surface area contributed by atoms with Crippen LogP contribution in [0.1, 0.15) is 41.5 Å². The second kappa shape index (κ2) is 44.5. The smallest absolute Gasteiger partial charge is 0.547 e. The van der Waals surface area contributed by atoms with Gasteiger partial charge in [-0.25, -0.2) is 0 Å². The molecule has 216 valence electrons. The molecule has 0 aromatic carbocycles. The van der Waals surface area contributed by atoms with Crippen LogP contribution in [0.15, 0.2) is 0 Å². The zero-order valence-corrected chi connectivity index (χ0v) is 35.6. The monoisotopic (exact) mass is 740 g/mol. The van der Waals surface area contributed by atoms with Crippen molar-refractivity contribution in [3.63, 3.8) is 0 Å². The number of aliphatic carboxylic acids is 6. The molecule has 0 aromatic rings. The molecular formula is C18H30K2O18Zn2. The molecule has 6 N–H and O–H groups in total. The quantitative estimate of drug-likeness (QED) is 0.138. The molecule has 22 heteroatoms. The standard InChI is InChI=1S/6C3H6O3.2K.2Zn/c6*1-2(4)3(5)6;;;;/h6*2,4H,1H3,(H,5,6);;;;/q;;;;;;2*+1;2*+2/p-6. The van der Waals surface area contributed by atoms with Crippen molar-refractivity contribution < 1.29 is 232 Å². The molecule has 0 aromatic heterocycles. The molecule has 0 saturated carbocycles. The Balaban J connectivity index is -0.0000000331. The first-order chi connectivity index (χ1) is 15.9. The molecular weight excluding hydrogens is 713 g/mol. The number of rotatable bonds is 6. The number of carboxylic acid groups (broad SMARTS) is 6. The minimum absolute atomic E-state index is 0. The summed E-state index contributed by atoms with van der Waals surface area (Å²) < 4.78 is 0. The fraction of sp³-hybridized carbons (Fsp3) is 0.667. The van der Waals surface area contributed by atoms with Crippen molar-refractivity contribution in [2.45, 2.75) is 78.2 Å². The van der Waals surface area contributed by atoms with Crippen molar-refractivity contribution in [3.05, 3.63) is 0 Å². The number of aliphatic hydroxyl groups is 6. The molecule has 6 unspecified atom stereocenters. The Labute approximate surface area is 340 Å².